The minimum absolute atomic E-state index is 0.0971. The fourth-order valence-electron chi connectivity index (χ4n) is 4.71. The van der Waals surface area contributed by atoms with Crippen molar-refractivity contribution in [1.29, 1.82) is 0 Å². The van der Waals surface area contributed by atoms with Crippen molar-refractivity contribution in [2.45, 2.75) is 129 Å². The zero-order chi connectivity index (χ0) is 26.9. The quantitative estimate of drug-likeness (QED) is 0.0829. The highest BCUT2D eigenvalue weighted by Gasteiger charge is 2.28. The summed E-state index contributed by atoms with van der Waals surface area (Å²) in [5.74, 6) is -3.08. The van der Waals surface area contributed by atoms with Crippen LogP contribution in [0.3, 0.4) is 0 Å². The average Bonchev–Trinajstić information content (AvgIpc) is 2.83. The number of carboxylic acid groups (broad SMARTS) is 3. The van der Waals surface area contributed by atoms with E-state index in [1.54, 1.807) is 0 Å². The first-order chi connectivity index (χ1) is 17.3. The number of carbonyl (C=O) groups excluding carboxylic acids is 1. The molecular formula is C29H53NO6. The third-order valence-corrected chi connectivity index (χ3v) is 7.03. The predicted octanol–water partition coefficient (Wildman–Crippen LogP) is 5.71. The number of allylic oxidation sites excluding steroid dienone is 2. The van der Waals surface area contributed by atoms with Crippen LogP contribution in [0.5, 0.6) is 0 Å². The van der Waals surface area contributed by atoms with Gasteiger partial charge in [0.1, 0.15) is 0 Å². The Morgan fingerprint density at radius 3 is 1.39 bits per heavy atom. The molecule has 0 atom stereocenters. The lowest BCUT2D eigenvalue weighted by molar-refractivity contribution is -0.927. The van der Waals surface area contributed by atoms with E-state index in [2.05, 4.69) is 19.1 Å². The lowest BCUT2D eigenvalue weighted by atomic mass is 10.1. The van der Waals surface area contributed by atoms with Crippen LogP contribution in [0, 0.1) is 0 Å². The summed E-state index contributed by atoms with van der Waals surface area (Å²) < 4.78 is 0.220. The molecule has 0 aliphatic carbocycles. The van der Waals surface area contributed by atoms with Gasteiger partial charge in [0.05, 0.1) is 39.0 Å². The highest BCUT2D eigenvalue weighted by atomic mass is 16.4. The number of hydrogen-bond acceptors (Lipinski definition) is 4. The van der Waals surface area contributed by atoms with Crippen molar-refractivity contribution in [2.24, 2.45) is 0 Å². The van der Waals surface area contributed by atoms with Crippen LogP contribution in [0.2, 0.25) is 0 Å². The molecule has 0 aromatic rings. The van der Waals surface area contributed by atoms with Crippen LogP contribution in [-0.2, 0) is 14.4 Å². The summed E-state index contributed by atoms with van der Waals surface area (Å²) >= 11 is 0. The first kappa shape index (κ1) is 34.1. The molecule has 0 radical (unpaired) electrons. The molecule has 0 aliphatic heterocycles. The molecule has 0 aromatic heterocycles. The summed E-state index contributed by atoms with van der Waals surface area (Å²) in [4.78, 5) is 33.2. The molecule has 0 aliphatic rings. The van der Waals surface area contributed by atoms with E-state index in [4.69, 9.17) is 10.2 Å². The Morgan fingerprint density at radius 1 is 0.583 bits per heavy atom. The molecule has 0 fully saturated rings. The lowest BCUT2D eigenvalue weighted by Gasteiger charge is -2.38. The number of rotatable bonds is 27. The standard InChI is InChI=1S/C29H53NO6/c1-2-3-4-5-6-7-8-9-10-11-12-13-14-15-16-17-18-19-23-30(24-20-27(31)32,25-21-28(33)34)26-22-29(35)36/h10-11H,2-9,12-26H2,1H3,(H2-,31,32,33,34,35,36)/b11-10+. The first-order valence-electron chi connectivity index (χ1n) is 14.4. The first-order valence-corrected chi connectivity index (χ1v) is 14.4. The van der Waals surface area contributed by atoms with Gasteiger partial charge in [-0.3, -0.25) is 9.59 Å². The number of quaternary nitrogens is 1. The van der Waals surface area contributed by atoms with Crippen LogP contribution in [0.4, 0.5) is 0 Å². The highest BCUT2D eigenvalue weighted by molar-refractivity contribution is 5.67. The van der Waals surface area contributed by atoms with Crippen molar-refractivity contribution >= 4 is 17.9 Å². The molecule has 0 amide bonds. The Balaban J connectivity index is 4.02. The van der Waals surface area contributed by atoms with Gasteiger partial charge in [0.2, 0.25) is 0 Å². The molecule has 0 unspecified atom stereocenters. The van der Waals surface area contributed by atoms with Gasteiger partial charge < -0.3 is 24.6 Å². The topological polar surface area (TPSA) is 115 Å². The van der Waals surface area contributed by atoms with E-state index in [1.807, 2.05) is 0 Å². The molecule has 0 rings (SSSR count). The SMILES string of the molecule is CCCCCCCCC/C=C/CCCCCCCCC[N+](CCC(=O)[O-])(CCC(=O)O)CCC(=O)O. The van der Waals surface area contributed by atoms with Gasteiger partial charge in [-0.25, -0.2) is 0 Å². The monoisotopic (exact) mass is 511 g/mol. The van der Waals surface area contributed by atoms with Crippen LogP contribution < -0.4 is 5.11 Å². The van der Waals surface area contributed by atoms with Gasteiger partial charge in [0, 0.05) is 12.4 Å². The van der Waals surface area contributed by atoms with E-state index in [0.717, 1.165) is 32.1 Å². The van der Waals surface area contributed by atoms with Gasteiger partial charge in [-0.2, -0.15) is 0 Å². The second-order valence-corrected chi connectivity index (χ2v) is 10.3. The molecule has 0 bridgehead atoms. The Morgan fingerprint density at radius 2 is 0.972 bits per heavy atom. The summed E-state index contributed by atoms with van der Waals surface area (Å²) in [5.41, 5.74) is 0. The Kier molecular flexibility index (Phi) is 22.3. The van der Waals surface area contributed by atoms with E-state index < -0.39 is 17.9 Å². The zero-order valence-corrected chi connectivity index (χ0v) is 22.9. The van der Waals surface area contributed by atoms with E-state index in [0.29, 0.717) is 6.54 Å². The Bertz CT molecular complexity index is 559. The van der Waals surface area contributed by atoms with E-state index in [9.17, 15) is 19.5 Å². The molecule has 2 N–H and O–H groups in total. The zero-order valence-electron chi connectivity index (χ0n) is 22.9. The van der Waals surface area contributed by atoms with Crippen LogP contribution >= 0.6 is 0 Å². The number of carboxylic acids is 3. The van der Waals surface area contributed by atoms with Crippen molar-refractivity contribution < 1.29 is 34.2 Å². The summed E-state index contributed by atoms with van der Waals surface area (Å²) in [6, 6.07) is 0. The second kappa shape index (κ2) is 23.5. The maximum absolute atomic E-state index is 11.1. The van der Waals surface area contributed by atoms with Crippen molar-refractivity contribution in [3.63, 3.8) is 0 Å². The van der Waals surface area contributed by atoms with Crippen LogP contribution in [-0.4, -0.2) is 58.8 Å². The van der Waals surface area contributed by atoms with Gasteiger partial charge in [-0.15, -0.1) is 0 Å². The van der Waals surface area contributed by atoms with Crippen molar-refractivity contribution in [3.05, 3.63) is 12.2 Å². The summed E-state index contributed by atoms with van der Waals surface area (Å²) in [6.07, 6.45) is 23.9. The lowest BCUT2D eigenvalue weighted by Crippen LogP contribution is -2.53. The number of unbranched alkanes of at least 4 members (excludes halogenated alkanes) is 14. The minimum Gasteiger partial charge on any atom is -0.550 e. The van der Waals surface area contributed by atoms with Gasteiger partial charge in [0.25, 0.3) is 0 Å². The van der Waals surface area contributed by atoms with E-state index >= 15 is 0 Å². The average molecular weight is 512 g/mol. The van der Waals surface area contributed by atoms with Gasteiger partial charge in [0.15, 0.2) is 0 Å². The molecule has 210 valence electrons. The van der Waals surface area contributed by atoms with Crippen LogP contribution in [0.1, 0.15) is 129 Å². The van der Waals surface area contributed by atoms with E-state index in [1.165, 1.54) is 70.6 Å². The number of nitrogens with zero attached hydrogens (tertiary/aromatic N) is 1. The molecule has 0 heterocycles. The fraction of sp³-hybridized carbons (Fsp3) is 0.828. The molecule has 0 saturated carbocycles. The van der Waals surface area contributed by atoms with Crippen molar-refractivity contribution in [1.82, 2.24) is 0 Å². The van der Waals surface area contributed by atoms with Gasteiger partial charge in [-0.1, -0.05) is 83.3 Å². The Labute approximate surface area is 219 Å². The molecule has 36 heavy (non-hydrogen) atoms. The van der Waals surface area contributed by atoms with Crippen molar-refractivity contribution in [2.75, 3.05) is 26.2 Å². The molecule has 7 nitrogen and oxygen atoms in total. The fourth-order valence-corrected chi connectivity index (χ4v) is 4.71. The minimum atomic E-state index is -1.18. The molecule has 0 spiro atoms. The summed E-state index contributed by atoms with van der Waals surface area (Å²) in [5, 5.41) is 29.2. The molecule has 0 saturated heterocycles. The third-order valence-electron chi connectivity index (χ3n) is 7.03. The maximum Gasteiger partial charge on any atom is 0.309 e. The van der Waals surface area contributed by atoms with Gasteiger partial charge in [-0.05, 0) is 38.5 Å². The number of carbonyl (C=O) groups is 3. The predicted molar refractivity (Wildman–Crippen MR) is 143 cm³/mol. The maximum atomic E-state index is 11.1. The summed E-state index contributed by atoms with van der Waals surface area (Å²) in [6.45, 7) is 3.58. The van der Waals surface area contributed by atoms with Crippen LogP contribution in [0.15, 0.2) is 12.2 Å². The Hall–Kier alpha value is -1.89. The number of hydrogen-bond donors (Lipinski definition) is 2. The molecule has 7 heteroatoms. The summed E-state index contributed by atoms with van der Waals surface area (Å²) in [7, 11) is 0. The van der Waals surface area contributed by atoms with Crippen LogP contribution in [0.25, 0.3) is 0 Å². The molecule has 0 aromatic carbocycles. The van der Waals surface area contributed by atoms with Crippen molar-refractivity contribution in [3.8, 4) is 0 Å². The third kappa shape index (κ3) is 22.6. The normalized spacial score (nSPS) is 11.8. The largest absolute Gasteiger partial charge is 0.550 e. The highest BCUT2D eigenvalue weighted by Crippen LogP contribution is 2.17. The van der Waals surface area contributed by atoms with Gasteiger partial charge >= 0.3 is 11.9 Å². The van der Waals surface area contributed by atoms with E-state index in [-0.39, 0.29) is 43.4 Å². The second-order valence-electron chi connectivity index (χ2n) is 10.3. The molecular weight excluding hydrogens is 458 g/mol. The smallest absolute Gasteiger partial charge is 0.309 e. The number of aliphatic carboxylic acids is 3.